The fourth-order valence-corrected chi connectivity index (χ4v) is 7.80. The Morgan fingerprint density at radius 3 is 2.67 bits per heavy atom. The lowest BCUT2D eigenvalue weighted by Gasteiger charge is -2.54. The summed E-state index contributed by atoms with van der Waals surface area (Å²) in [6.45, 7) is 7.28. The largest absolute Gasteiger partial charge is 0.465 e. The first-order valence-corrected chi connectivity index (χ1v) is 15.4. The molecule has 3 fully saturated rings. The number of H-pyrrole nitrogens is 1. The molecule has 2 bridgehead atoms. The minimum atomic E-state index is -0.800. The second kappa shape index (κ2) is 10.3. The molecule has 1 amide bonds. The Balaban J connectivity index is 1.13. The van der Waals surface area contributed by atoms with Crippen molar-refractivity contribution < 1.29 is 14.6 Å². The number of ether oxygens (including phenoxy) is 1. The zero-order valence-electron chi connectivity index (χ0n) is 25.3. The van der Waals surface area contributed by atoms with E-state index in [1.807, 2.05) is 29.2 Å². The van der Waals surface area contributed by atoms with E-state index in [0.717, 1.165) is 90.7 Å². The molecule has 7 rings (SSSR count). The standard InChI is InChI=1S/C32H40N8O3/c1-31(2,3)32-13-12-21(40(32)30(41)42)15-22(16-32)38(4)27-11-10-26(35-36-27)24-9-8-23(25-18-33-37-29(24)25)20-17-34-39(19-20)28-7-5-6-14-43-28/h8-11,17-19,21-22,28H,5-7,12-16H2,1-4H3,(H,33,37)(H,41,42)/t21-,22-,28?,32+/m0/s1. The van der Waals surface area contributed by atoms with Crippen LogP contribution in [-0.4, -0.2) is 77.6 Å². The highest BCUT2D eigenvalue weighted by Gasteiger charge is 2.59. The second-order valence-electron chi connectivity index (χ2n) is 13.5. The van der Waals surface area contributed by atoms with Crippen LogP contribution in [0.25, 0.3) is 33.3 Å². The fraction of sp³-hybridized carbons (Fsp3) is 0.531. The summed E-state index contributed by atoms with van der Waals surface area (Å²) in [6, 6.07) is 8.38. The van der Waals surface area contributed by atoms with Crippen LogP contribution in [0.4, 0.5) is 10.6 Å². The number of nitrogens with zero attached hydrogens (tertiary/aromatic N) is 7. The molecule has 1 aromatic carbocycles. The molecule has 4 atom stereocenters. The minimum Gasteiger partial charge on any atom is -0.465 e. The number of aromatic nitrogens is 6. The van der Waals surface area contributed by atoms with Gasteiger partial charge in [-0.2, -0.15) is 10.2 Å². The van der Waals surface area contributed by atoms with Crippen molar-refractivity contribution >= 4 is 22.8 Å². The van der Waals surface area contributed by atoms with Crippen molar-refractivity contribution in [1.29, 1.82) is 0 Å². The Hall–Kier alpha value is -3.99. The lowest BCUT2D eigenvalue weighted by molar-refractivity contribution is -0.0394. The summed E-state index contributed by atoms with van der Waals surface area (Å²) in [6.07, 6.45) is 11.6. The molecule has 2 N–H and O–H groups in total. The monoisotopic (exact) mass is 584 g/mol. The van der Waals surface area contributed by atoms with Crippen LogP contribution in [0.1, 0.15) is 71.9 Å². The van der Waals surface area contributed by atoms with Crippen LogP contribution in [-0.2, 0) is 4.74 Å². The number of benzene rings is 1. The molecule has 43 heavy (non-hydrogen) atoms. The minimum absolute atomic E-state index is 0.00703. The highest BCUT2D eigenvalue weighted by molar-refractivity contribution is 6.01. The van der Waals surface area contributed by atoms with Crippen molar-refractivity contribution in [2.45, 2.75) is 89.6 Å². The third-order valence-electron chi connectivity index (χ3n) is 10.3. The first-order chi connectivity index (χ1) is 20.7. The van der Waals surface area contributed by atoms with Gasteiger partial charge in [-0.3, -0.25) is 10.00 Å². The first-order valence-electron chi connectivity index (χ1n) is 15.4. The van der Waals surface area contributed by atoms with Crippen LogP contribution in [0, 0.1) is 5.41 Å². The number of anilines is 1. The van der Waals surface area contributed by atoms with Gasteiger partial charge in [-0.1, -0.05) is 26.8 Å². The highest BCUT2D eigenvalue weighted by Crippen LogP contribution is 2.54. The normalized spacial score (nSPS) is 25.8. The van der Waals surface area contributed by atoms with Gasteiger partial charge in [0.1, 0.15) is 6.23 Å². The maximum absolute atomic E-state index is 12.3. The van der Waals surface area contributed by atoms with E-state index < -0.39 is 6.09 Å². The number of rotatable bonds is 5. The van der Waals surface area contributed by atoms with Gasteiger partial charge in [0.2, 0.25) is 0 Å². The van der Waals surface area contributed by atoms with Crippen molar-refractivity contribution in [1.82, 2.24) is 35.1 Å². The third kappa shape index (κ3) is 4.56. The number of nitrogens with one attached hydrogen (secondary N) is 1. The Morgan fingerprint density at radius 1 is 1.12 bits per heavy atom. The van der Waals surface area contributed by atoms with Crippen LogP contribution in [0.5, 0.6) is 0 Å². The summed E-state index contributed by atoms with van der Waals surface area (Å²) < 4.78 is 7.84. The molecule has 11 heteroatoms. The van der Waals surface area contributed by atoms with Crippen molar-refractivity contribution in [3.05, 3.63) is 42.9 Å². The van der Waals surface area contributed by atoms with E-state index >= 15 is 0 Å². The predicted molar refractivity (Wildman–Crippen MR) is 164 cm³/mol. The van der Waals surface area contributed by atoms with Gasteiger partial charge in [-0.15, -0.1) is 10.2 Å². The molecule has 0 radical (unpaired) electrons. The Labute approximate surface area is 251 Å². The summed E-state index contributed by atoms with van der Waals surface area (Å²) in [5.41, 5.74) is 4.11. The second-order valence-corrected chi connectivity index (χ2v) is 13.5. The van der Waals surface area contributed by atoms with E-state index in [0.29, 0.717) is 0 Å². The first kappa shape index (κ1) is 27.8. The quantitative estimate of drug-likeness (QED) is 0.288. The number of carboxylic acid groups (broad SMARTS) is 1. The molecule has 11 nitrogen and oxygen atoms in total. The third-order valence-corrected chi connectivity index (χ3v) is 10.3. The van der Waals surface area contributed by atoms with Gasteiger partial charge >= 0.3 is 6.09 Å². The van der Waals surface area contributed by atoms with E-state index in [9.17, 15) is 9.90 Å². The Kier molecular flexibility index (Phi) is 6.68. The molecule has 1 unspecified atom stereocenters. The number of hydrogen-bond acceptors (Lipinski definition) is 7. The summed E-state index contributed by atoms with van der Waals surface area (Å²) in [5.74, 6) is 0.788. The maximum Gasteiger partial charge on any atom is 0.408 e. The zero-order chi connectivity index (χ0) is 29.9. The van der Waals surface area contributed by atoms with Gasteiger partial charge in [0.15, 0.2) is 5.82 Å². The maximum atomic E-state index is 12.3. The number of piperidine rings is 1. The average Bonchev–Trinajstić information content (AvgIpc) is 3.74. The molecular weight excluding hydrogens is 544 g/mol. The smallest absolute Gasteiger partial charge is 0.408 e. The van der Waals surface area contributed by atoms with Crippen molar-refractivity contribution in [2.75, 3.05) is 18.6 Å². The number of aromatic amines is 1. The highest BCUT2D eigenvalue weighted by atomic mass is 16.5. The van der Waals surface area contributed by atoms with Gasteiger partial charge in [0.05, 0.1) is 29.1 Å². The van der Waals surface area contributed by atoms with Crippen molar-refractivity contribution in [2.24, 2.45) is 5.41 Å². The molecule has 4 aromatic rings. The Morgan fingerprint density at radius 2 is 1.95 bits per heavy atom. The van der Waals surface area contributed by atoms with Crippen LogP contribution >= 0.6 is 0 Å². The molecular formula is C32H40N8O3. The molecule has 3 saturated heterocycles. The lowest BCUT2D eigenvalue weighted by Crippen LogP contribution is -2.64. The van der Waals surface area contributed by atoms with Gasteiger partial charge in [0, 0.05) is 48.4 Å². The summed E-state index contributed by atoms with van der Waals surface area (Å²) in [4.78, 5) is 16.3. The fourth-order valence-electron chi connectivity index (χ4n) is 7.80. The molecule has 0 saturated carbocycles. The molecule has 3 aliphatic rings. The van der Waals surface area contributed by atoms with Gasteiger partial charge in [-0.05, 0) is 74.1 Å². The van der Waals surface area contributed by atoms with Gasteiger partial charge in [-0.25, -0.2) is 9.48 Å². The van der Waals surface area contributed by atoms with E-state index in [4.69, 9.17) is 4.74 Å². The predicted octanol–water partition coefficient (Wildman–Crippen LogP) is 6.11. The summed E-state index contributed by atoms with van der Waals surface area (Å²) in [5, 5.41) is 32.5. The van der Waals surface area contributed by atoms with Crippen LogP contribution in [0.15, 0.2) is 42.9 Å². The summed E-state index contributed by atoms with van der Waals surface area (Å²) in [7, 11) is 2.06. The average molecular weight is 585 g/mol. The molecule has 6 heterocycles. The van der Waals surface area contributed by atoms with Crippen molar-refractivity contribution in [3.63, 3.8) is 0 Å². The number of hydrogen-bond donors (Lipinski definition) is 2. The Bertz CT molecular complexity index is 1630. The molecule has 3 aromatic heterocycles. The number of amides is 1. The van der Waals surface area contributed by atoms with Crippen LogP contribution < -0.4 is 4.90 Å². The lowest BCUT2D eigenvalue weighted by atomic mass is 9.67. The van der Waals surface area contributed by atoms with Gasteiger partial charge < -0.3 is 14.7 Å². The number of fused-ring (bicyclic) bond motifs is 3. The van der Waals surface area contributed by atoms with E-state index in [-0.39, 0.29) is 29.3 Å². The van der Waals surface area contributed by atoms with Crippen molar-refractivity contribution in [3.8, 4) is 22.4 Å². The van der Waals surface area contributed by atoms with Crippen LogP contribution in [0.2, 0.25) is 0 Å². The molecule has 0 spiro atoms. The molecule has 0 aliphatic carbocycles. The zero-order valence-corrected chi connectivity index (χ0v) is 25.3. The number of carbonyl (C=O) groups is 1. The topological polar surface area (TPSA) is 125 Å². The molecule has 3 aliphatic heterocycles. The SMILES string of the molecule is CN(c1ccc(-c2ccc(-c3cnn(C4CCCCO4)c3)c3cn[nH]c23)nn1)[C@H]1C[C@@H]2CC[C@](C(C)(C)C)(C1)N2C(=O)O. The van der Waals surface area contributed by atoms with Gasteiger partial charge in [0.25, 0.3) is 0 Å². The van der Waals surface area contributed by atoms with E-state index in [2.05, 4.69) is 76.5 Å². The van der Waals surface area contributed by atoms with E-state index in [1.165, 1.54) is 0 Å². The van der Waals surface area contributed by atoms with Crippen LogP contribution in [0.3, 0.4) is 0 Å². The molecule has 226 valence electrons. The summed E-state index contributed by atoms with van der Waals surface area (Å²) >= 11 is 0. The van der Waals surface area contributed by atoms with E-state index in [1.54, 1.807) is 4.90 Å².